The molecule has 1 amide bonds. The molecule has 0 saturated carbocycles. The number of piperidine rings is 1. The van der Waals surface area contributed by atoms with E-state index in [1.165, 1.54) is 0 Å². The third kappa shape index (κ3) is 5.13. The number of carbonyl (C=O) groups excluding carboxylic acids is 1. The molecule has 1 rings (SSSR count). The van der Waals surface area contributed by atoms with Gasteiger partial charge in [-0.15, -0.1) is 0 Å². The van der Waals surface area contributed by atoms with E-state index < -0.39 is 0 Å². The lowest BCUT2D eigenvalue weighted by Gasteiger charge is -2.38. The molecule has 1 fully saturated rings. The Balaban J connectivity index is 2.42. The van der Waals surface area contributed by atoms with Crippen molar-refractivity contribution >= 4 is 5.91 Å². The maximum atomic E-state index is 12.0. The van der Waals surface area contributed by atoms with Crippen LogP contribution < -0.4 is 0 Å². The Kier molecular flexibility index (Phi) is 6.01. The van der Waals surface area contributed by atoms with Gasteiger partial charge in [0.25, 0.3) is 0 Å². The van der Waals surface area contributed by atoms with Crippen molar-refractivity contribution in [2.75, 3.05) is 26.7 Å². The van der Waals surface area contributed by atoms with Gasteiger partial charge >= 0.3 is 0 Å². The van der Waals surface area contributed by atoms with Gasteiger partial charge in [-0.05, 0) is 39.7 Å². The maximum Gasteiger partial charge on any atom is 0.222 e. The van der Waals surface area contributed by atoms with Crippen LogP contribution in [-0.2, 0) is 4.79 Å². The largest absolute Gasteiger partial charge is 0.343 e. The van der Waals surface area contributed by atoms with Crippen LogP contribution in [0.1, 0.15) is 47.0 Å². The van der Waals surface area contributed by atoms with Crippen molar-refractivity contribution in [3.63, 3.8) is 0 Å². The minimum Gasteiger partial charge on any atom is -0.343 e. The lowest BCUT2D eigenvalue weighted by Crippen LogP contribution is -2.47. The maximum absolute atomic E-state index is 12.0. The molecule has 1 aliphatic rings. The average Bonchev–Trinajstić information content (AvgIpc) is 2.37. The number of carbonyl (C=O) groups is 1. The molecular weight excluding hydrogens is 250 g/mol. The fourth-order valence-corrected chi connectivity index (χ4v) is 2.82. The molecule has 20 heavy (non-hydrogen) atoms. The van der Waals surface area contributed by atoms with Gasteiger partial charge in [-0.1, -0.05) is 13.8 Å². The van der Waals surface area contributed by atoms with Crippen molar-refractivity contribution in [1.82, 2.24) is 9.80 Å². The van der Waals surface area contributed by atoms with Crippen LogP contribution in [0.2, 0.25) is 0 Å². The van der Waals surface area contributed by atoms with Gasteiger partial charge in [0, 0.05) is 32.1 Å². The Labute approximate surface area is 123 Å². The first kappa shape index (κ1) is 17.0. The zero-order valence-corrected chi connectivity index (χ0v) is 13.6. The van der Waals surface area contributed by atoms with Crippen molar-refractivity contribution < 1.29 is 4.79 Å². The Morgan fingerprint density at radius 2 is 1.95 bits per heavy atom. The van der Waals surface area contributed by atoms with E-state index in [0.717, 1.165) is 32.5 Å². The minimum atomic E-state index is -0.306. The second-order valence-electron chi connectivity index (χ2n) is 7.12. The molecule has 4 heteroatoms. The molecule has 1 saturated heterocycles. The third-order valence-electron chi connectivity index (χ3n) is 3.97. The first-order valence-corrected chi connectivity index (χ1v) is 7.64. The van der Waals surface area contributed by atoms with E-state index >= 15 is 0 Å². The lowest BCUT2D eigenvalue weighted by molar-refractivity contribution is -0.133. The topological polar surface area (TPSA) is 47.3 Å². The van der Waals surface area contributed by atoms with Crippen LogP contribution in [0, 0.1) is 22.7 Å². The lowest BCUT2D eigenvalue weighted by atomic mass is 9.93. The summed E-state index contributed by atoms with van der Waals surface area (Å²) < 4.78 is 0. The second-order valence-corrected chi connectivity index (χ2v) is 7.12. The quantitative estimate of drug-likeness (QED) is 0.777. The molecule has 0 N–H and O–H groups in total. The van der Waals surface area contributed by atoms with Gasteiger partial charge in [-0.3, -0.25) is 4.79 Å². The van der Waals surface area contributed by atoms with Crippen LogP contribution in [0.3, 0.4) is 0 Å². The van der Waals surface area contributed by atoms with Gasteiger partial charge in [-0.25, -0.2) is 0 Å². The summed E-state index contributed by atoms with van der Waals surface area (Å²) in [5.41, 5.74) is -0.306. The number of amides is 1. The van der Waals surface area contributed by atoms with E-state index in [1.807, 2.05) is 18.7 Å². The molecule has 0 atom stereocenters. The standard InChI is InChI=1S/C16H29N3O/c1-13(2)10-15(20)19-8-6-14(7-9-19)18(5)12-16(3,4)11-17/h13-14H,6-10,12H2,1-5H3. The monoisotopic (exact) mass is 279 g/mol. The zero-order chi connectivity index (χ0) is 15.3. The van der Waals surface area contributed by atoms with Crippen LogP contribution in [0.25, 0.3) is 0 Å². The fraction of sp³-hybridized carbons (Fsp3) is 0.875. The van der Waals surface area contributed by atoms with E-state index in [4.69, 9.17) is 5.26 Å². The SMILES string of the molecule is CC(C)CC(=O)N1CCC(N(C)CC(C)(C)C#N)CC1. The predicted molar refractivity (Wildman–Crippen MR) is 81.1 cm³/mol. The molecule has 0 aromatic rings. The van der Waals surface area contributed by atoms with Crippen molar-refractivity contribution in [1.29, 1.82) is 5.26 Å². The Morgan fingerprint density at radius 3 is 2.40 bits per heavy atom. The smallest absolute Gasteiger partial charge is 0.222 e. The average molecular weight is 279 g/mol. The Bertz CT molecular complexity index is 362. The molecule has 0 bridgehead atoms. The van der Waals surface area contributed by atoms with Crippen molar-refractivity contribution in [3.05, 3.63) is 0 Å². The number of likely N-dealkylation sites (tertiary alicyclic amines) is 1. The first-order valence-electron chi connectivity index (χ1n) is 7.64. The molecule has 0 radical (unpaired) electrons. The number of rotatable bonds is 5. The van der Waals surface area contributed by atoms with Gasteiger partial charge in [0.05, 0.1) is 11.5 Å². The first-order chi connectivity index (χ1) is 9.25. The molecule has 4 nitrogen and oxygen atoms in total. The summed E-state index contributed by atoms with van der Waals surface area (Å²) in [6.45, 7) is 10.6. The molecule has 0 spiro atoms. The molecular formula is C16H29N3O. The van der Waals surface area contributed by atoms with Crippen LogP contribution in [0.5, 0.6) is 0 Å². The Morgan fingerprint density at radius 1 is 1.40 bits per heavy atom. The van der Waals surface area contributed by atoms with E-state index in [0.29, 0.717) is 24.3 Å². The van der Waals surface area contributed by atoms with Gasteiger partial charge in [0.2, 0.25) is 5.91 Å². The van der Waals surface area contributed by atoms with Crippen LogP contribution in [0.4, 0.5) is 0 Å². The molecule has 0 aromatic carbocycles. The number of nitrogens with zero attached hydrogens (tertiary/aromatic N) is 3. The van der Waals surface area contributed by atoms with E-state index in [2.05, 4.69) is 31.9 Å². The summed E-state index contributed by atoms with van der Waals surface area (Å²) in [7, 11) is 2.09. The summed E-state index contributed by atoms with van der Waals surface area (Å²) >= 11 is 0. The zero-order valence-electron chi connectivity index (χ0n) is 13.6. The highest BCUT2D eigenvalue weighted by molar-refractivity contribution is 5.76. The highest BCUT2D eigenvalue weighted by Gasteiger charge is 2.28. The van der Waals surface area contributed by atoms with Crippen molar-refractivity contribution in [2.24, 2.45) is 11.3 Å². The Hall–Kier alpha value is -1.08. The van der Waals surface area contributed by atoms with Crippen molar-refractivity contribution in [3.8, 4) is 6.07 Å². The normalized spacial score (nSPS) is 17.6. The number of hydrogen-bond donors (Lipinski definition) is 0. The summed E-state index contributed by atoms with van der Waals surface area (Å²) in [5.74, 6) is 0.720. The van der Waals surface area contributed by atoms with E-state index in [-0.39, 0.29) is 5.41 Å². The minimum absolute atomic E-state index is 0.290. The van der Waals surface area contributed by atoms with Gasteiger partial charge in [-0.2, -0.15) is 5.26 Å². The van der Waals surface area contributed by atoms with Crippen LogP contribution in [0.15, 0.2) is 0 Å². The van der Waals surface area contributed by atoms with Crippen LogP contribution in [-0.4, -0.2) is 48.4 Å². The molecule has 1 aliphatic heterocycles. The molecule has 0 aliphatic carbocycles. The van der Waals surface area contributed by atoms with E-state index in [1.54, 1.807) is 0 Å². The molecule has 0 aromatic heterocycles. The van der Waals surface area contributed by atoms with Gasteiger partial charge < -0.3 is 9.80 Å². The summed E-state index contributed by atoms with van der Waals surface area (Å²) in [6.07, 6.45) is 2.69. The summed E-state index contributed by atoms with van der Waals surface area (Å²) in [6, 6.07) is 2.85. The number of hydrogen-bond acceptors (Lipinski definition) is 3. The number of nitriles is 1. The summed E-state index contributed by atoms with van der Waals surface area (Å²) in [5, 5.41) is 9.11. The van der Waals surface area contributed by atoms with Gasteiger partial charge in [0.1, 0.15) is 0 Å². The third-order valence-corrected chi connectivity index (χ3v) is 3.97. The fourth-order valence-electron chi connectivity index (χ4n) is 2.82. The van der Waals surface area contributed by atoms with Crippen LogP contribution >= 0.6 is 0 Å². The molecule has 1 heterocycles. The second kappa shape index (κ2) is 7.08. The summed E-state index contributed by atoms with van der Waals surface area (Å²) in [4.78, 5) is 16.3. The molecule has 0 unspecified atom stereocenters. The highest BCUT2D eigenvalue weighted by atomic mass is 16.2. The highest BCUT2D eigenvalue weighted by Crippen LogP contribution is 2.21. The molecule has 114 valence electrons. The predicted octanol–water partition coefficient (Wildman–Crippen LogP) is 2.51. The van der Waals surface area contributed by atoms with E-state index in [9.17, 15) is 4.79 Å². The van der Waals surface area contributed by atoms with Crippen molar-refractivity contribution in [2.45, 2.75) is 53.0 Å². The van der Waals surface area contributed by atoms with Gasteiger partial charge in [0.15, 0.2) is 0 Å².